The van der Waals surface area contributed by atoms with Gasteiger partial charge in [0.1, 0.15) is 13.6 Å². The van der Waals surface area contributed by atoms with Crippen LogP contribution in [0, 0.1) is 5.92 Å². The van der Waals surface area contributed by atoms with Gasteiger partial charge in [-0.25, -0.2) is 9.55 Å². The largest absolute Gasteiger partial charge is 0.455 e. The van der Waals surface area contributed by atoms with Crippen molar-refractivity contribution in [1.82, 2.24) is 4.98 Å². The van der Waals surface area contributed by atoms with Crippen molar-refractivity contribution in [3.63, 3.8) is 0 Å². The number of carbonyl (C=O) groups excluding carboxylic acids is 2. The molecule has 4 heterocycles. The number of piperidine rings is 3. The predicted molar refractivity (Wildman–Crippen MR) is 132 cm³/mol. The molecule has 1 aromatic carbocycles. The van der Waals surface area contributed by atoms with Crippen LogP contribution < -0.4 is 9.88 Å². The Balaban J connectivity index is 1.29. The minimum absolute atomic E-state index is 0.0290. The molecule has 1 aromatic heterocycles. The standard InChI is InChI=1S/C28H37N4O3/c1-31-16-15-29-25(19-31)30-26(33)21-32-17-11-22(12-18-32)24(20-32)35-27(34)28(13-7-2-3-8-14-28)23-9-5-4-6-10-23/h4-6,9-10,15-16,19,22,24H,2-3,7-8,11-14,17-18,20-21H2,1H3/q+1/p+1/t22?,24-,32?/m0/s1. The molecule has 7 heteroatoms. The van der Waals surface area contributed by atoms with E-state index in [1.165, 1.54) is 12.8 Å². The fraction of sp³-hybridized carbons (Fsp3) is 0.571. The number of amides is 1. The topological polar surface area (TPSA) is 72.2 Å². The Kier molecular flexibility index (Phi) is 6.87. The third-order valence-electron chi connectivity index (χ3n) is 8.56. The number of benzene rings is 1. The van der Waals surface area contributed by atoms with Gasteiger partial charge in [-0.15, -0.1) is 0 Å². The lowest BCUT2D eigenvalue weighted by Gasteiger charge is -2.52. The van der Waals surface area contributed by atoms with Crippen LogP contribution in [0.2, 0.25) is 0 Å². The zero-order valence-corrected chi connectivity index (χ0v) is 20.8. The van der Waals surface area contributed by atoms with Crippen LogP contribution in [0.1, 0.15) is 56.9 Å². The Bertz CT molecular complexity index is 1040. The van der Waals surface area contributed by atoms with Crippen molar-refractivity contribution in [1.29, 1.82) is 0 Å². The number of anilines is 1. The first-order chi connectivity index (χ1) is 17.0. The summed E-state index contributed by atoms with van der Waals surface area (Å²) in [6, 6.07) is 10.3. The van der Waals surface area contributed by atoms with E-state index in [1.54, 1.807) is 12.4 Å². The summed E-state index contributed by atoms with van der Waals surface area (Å²) in [5.41, 5.74) is 0.556. The second kappa shape index (κ2) is 10.1. The molecular weight excluding hydrogens is 440 g/mol. The van der Waals surface area contributed by atoms with Gasteiger partial charge in [0.2, 0.25) is 6.20 Å². The number of rotatable bonds is 6. The second-order valence-electron chi connectivity index (χ2n) is 10.9. The highest BCUT2D eigenvalue weighted by molar-refractivity contribution is 5.90. The van der Waals surface area contributed by atoms with Crippen molar-refractivity contribution in [3.8, 4) is 0 Å². The van der Waals surface area contributed by atoms with E-state index in [4.69, 9.17) is 4.74 Å². The number of ether oxygens (including phenoxy) is 1. The number of quaternary nitrogens is 1. The average molecular weight is 479 g/mol. The quantitative estimate of drug-likeness (QED) is 0.299. The van der Waals surface area contributed by atoms with E-state index in [1.807, 2.05) is 36.0 Å². The third kappa shape index (κ3) is 5.10. The van der Waals surface area contributed by atoms with Gasteiger partial charge in [-0.1, -0.05) is 56.0 Å². The minimum Gasteiger partial charge on any atom is -0.455 e. The molecule has 2 aromatic rings. The fourth-order valence-electron chi connectivity index (χ4n) is 6.57. The van der Waals surface area contributed by atoms with E-state index in [2.05, 4.69) is 22.4 Å². The fourth-order valence-corrected chi connectivity index (χ4v) is 6.57. The third-order valence-corrected chi connectivity index (χ3v) is 8.56. The van der Waals surface area contributed by atoms with Crippen LogP contribution in [0.5, 0.6) is 0 Å². The Morgan fingerprint density at radius 1 is 1.11 bits per heavy atom. The molecule has 0 unspecified atom stereocenters. The highest BCUT2D eigenvalue weighted by Gasteiger charge is 2.51. The van der Waals surface area contributed by atoms with E-state index in [9.17, 15) is 9.59 Å². The molecule has 6 rings (SSSR count). The summed E-state index contributed by atoms with van der Waals surface area (Å²) in [5, 5.41) is 2.95. The van der Waals surface area contributed by atoms with Crippen molar-refractivity contribution < 1.29 is 23.4 Å². The number of carbonyl (C=O) groups is 2. The lowest BCUT2D eigenvalue weighted by molar-refractivity contribution is -0.939. The summed E-state index contributed by atoms with van der Waals surface area (Å²) >= 11 is 0. The molecule has 35 heavy (non-hydrogen) atoms. The van der Waals surface area contributed by atoms with Crippen LogP contribution in [0.4, 0.5) is 5.82 Å². The van der Waals surface area contributed by atoms with Crippen molar-refractivity contribution in [2.75, 3.05) is 31.5 Å². The number of fused-ring (bicyclic) bond motifs is 3. The maximum Gasteiger partial charge on any atom is 0.317 e. The van der Waals surface area contributed by atoms with Gasteiger partial charge >= 0.3 is 5.97 Å². The van der Waals surface area contributed by atoms with Gasteiger partial charge in [0.05, 0.1) is 24.7 Å². The summed E-state index contributed by atoms with van der Waals surface area (Å²) in [4.78, 5) is 31.1. The number of nitrogens with one attached hydrogen (secondary N) is 1. The van der Waals surface area contributed by atoms with Gasteiger partial charge in [-0.05, 0) is 18.4 Å². The number of aryl methyl sites for hydroxylation is 1. The summed E-state index contributed by atoms with van der Waals surface area (Å²) in [6.45, 7) is 3.05. The van der Waals surface area contributed by atoms with E-state index in [0.29, 0.717) is 22.8 Å². The maximum atomic E-state index is 13.9. The lowest BCUT2D eigenvalue weighted by Crippen LogP contribution is -2.66. The monoisotopic (exact) mass is 478 g/mol. The Morgan fingerprint density at radius 2 is 1.83 bits per heavy atom. The van der Waals surface area contributed by atoms with Gasteiger partial charge < -0.3 is 14.5 Å². The molecule has 4 fully saturated rings. The maximum absolute atomic E-state index is 13.9. The number of aromatic nitrogens is 2. The van der Waals surface area contributed by atoms with Gasteiger partial charge in [0, 0.05) is 18.8 Å². The van der Waals surface area contributed by atoms with Gasteiger partial charge in [0.25, 0.3) is 5.91 Å². The van der Waals surface area contributed by atoms with Crippen molar-refractivity contribution in [3.05, 3.63) is 54.5 Å². The van der Waals surface area contributed by atoms with Crippen molar-refractivity contribution in [2.45, 2.75) is 62.9 Å². The van der Waals surface area contributed by atoms with E-state index in [-0.39, 0.29) is 18.0 Å². The van der Waals surface area contributed by atoms with Gasteiger partial charge in [-0.3, -0.25) is 9.59 Å². The molecular formula is C28H38N4O3+2. The van der Waals surface area contributed by atoms with Crippen LogP contribution in [0.15, 0.2) is 48.9 Å². The van der Waals surface area contributed by atoms with E-state index >= 15 is 0 Å². The Labute approximate surface area is 208 Å². The van der Waals surface area contributed by atoms with Crippen LogP contribution in [-0.2, 0) is 26.8 Å². The van der Waals surface area contributed by atoms with Crippen LogP contribution >= 0.6 is 0 Å². The minimum atomic E-state index is -0.541. The molecule has 0 radical (unpaired) electrons. The molecule has 7 nitrogen and oxygen atoms in total. The molecule has 1 atom stereocenters. The second-order valence-corrected chi connectivity index (χ2v) is 10.9. The van der Waals surface area contributed by atoms with Crippen molar-refractivity contribution in [2.24, 2.45) is 13.0 Å². The molecule has 1 N–H and O–H groups in total. The first-order valence-electron chi connectivity index (χ1n) is 13.2. The van der Waals surface area contributed by atoms with Gasteiger partial charge in [0.15, 0.2) is 24.7 Å². The molecule has 4 aliphatic rings. The highest BCUT2D eigenvalue weighted by atomic mass is 16.5. The normalized spacial score (nSPS) is 27.6. The zero-order valence-electron chi connectivity index (χ0n) is 20.8. The summed E-state index contributed by atoms with van der Waals surface area (Å²) in [5.74, 6) is 0.883. The van der Waals surface area contributed by atoms with Gasteiger partial charge in [-0.2, -0.15) is 0 Å². The van der Waals surface area contributed by atoms with E-state index in [0.717, 1.165) is 63.7 Å². The molecule has 0 spiro atoms. The van der Waals surface area contributed by atoms with Crippen LogP contribution in [-0.4, -0.2) is 53.6 Å². The number of nitrogens with zero attached hydrogens (tertiary/aromatic N) is 3. The Morgan fingerprint density at radius 3 is 2.51 bits per heavy atom. The van der Waals surface area contributed by atoms with Crippen LogP contribution in [0.3, 0.4) is 0 Å². The lowest BCUT2D eigenvalue weighted by atomic mass is 9.74. The summed E-state index contributed by atoms with van der Waals surface area (Å²) < 4.78 is 8.98. The van der Waals surface area contributed by atoms with E-state index < -0.39 is 5.41 Å². The molecule has 2 bridgehead atoms. The average Bonchev–Trinajstić information content (AvgIpc) is 3.12. The first kappa shape index (κ1) is 23.9. The van der Waals surface area contributed by atoms with Crippen LogP contribution in [0.25, 0.3) is 0 Å². The first-order valence-corrected chi connectivity index (χ1v) is 13.2. The molecule has 3 saturated heterocycles. The van der Waals surface area contributed by atoms with Crippen molar-refractivity contribution >= 4 is 17.7 Å². The summed E-state index contributed by atoms with van der Waals surface area (Å²) in [6.07, 6.45) is 13.4. The number of hydrogen-bond acceptors (Lipinski definition) is 4. The zero-order chi connectivity index (χ0) is 24.3. The smallest absolute Gasteiger partial charge is 0.317 e. The Hall–Kier alpha value is -2.80. The molecule has 3 aliphatic heterocycles. The molecule has 1 saturated carbocycles. The summed E-state index contributed by atoms with van der Waals surface area (Å²) in [7, 11) is 1.91. The molecule has 186 valence electrons. The SMILES string of the molecule is C[n+]1ccnc(NC(=O)C[N+]23CCC(CC2)[C@@H](OC(=O)C2(c4ccccc4)CCCCCC2)C3)c1. The molecule has 1 aliphatic carbocycles. The number of esters is 1. The number of hydrogen-bond donors (Lipinski definition) is 1. The predicted octanol–water partition coefficient (Wildman–Crippen LogP) is 3.29. The molecule has 1 amide bonds. The highest BCUT2D eigenvalue weighted by Crippen LogP contribution is 2.42.